The fourth-order valence-corrected chi connectivity index (χ4v) is 1.90. The summed E-state index contributed by atoms with van der Waals surface area (Å²) in [7, 11) is 0. The molecule has 5 heteroatoms. The first-order valence-electron chi connectivity index (χ1n) is 4.31. The molecule has 0 unspecified atom stereocenters. The molecule has 0 aliphatic rings. The van der Waals surface area contributed by atoms with Gasteiger partial charge in [-0.15, -0.1) is 0 Å². The van der Waals surface area contributed by atoms with Crippen LogP contribution in [0.3, 0.4) is 0 Å². The molecule has 2 aromatic heterocycles. The zero-order valence-corrected chi connectivity index (χ0v) is 8.55. The maximum Gasteiger partial charge on any atom is 0.261 e. The van der Waals surface area contributed by atoms with Gasteiger partial charge in [0.25, 0.3) is 10.1 Å². The summed E-state index contributed by atoms with van der Waals surface area (Å²) >= 11 is 1.14. The van der Waals surface area contributed by atoms with E-state index in [0.717, 1.165) is 21.2 Å². The van der Waals surface area contributed by atoms with Crippen LogP contribution in [0.25, 0.3) is 0 Å². The van der Waals surface area contributed by atoms with Crippen LogP contribution in [0.15, 0.2) is 58.8 Å². The minimum Gasteiger partial charge on any atom is -0.618 e. The quantitative estimate of drug-likeness (QED) is 0.562. The van der Waals surface area contributed by atoms with Gasteiger partial charge >= 0.3 is 0 Å². The van der Waals surface area contributed by atoms with E-state index in [0.29, 0.717) is 10.1 Å². The first-order valence-corrected chi connectivity index (χ1v) is 5.13. The Kier molecular flexibility index (Phi) is 2.73. The SMILES string of the molecule is [O-][n+]1ccccc1Sc1cccc[n+]1[O-]. The molecule has 2 aromatic rings. The largest absolute Gasteiger partial charge is 0.618 e. The number of aromatic nitrogens is 2. The van der Waals surface area contributed by atoms with Crippen LogP contribution in [0.4, 0.5) is 0 Å². The Balaban J connectivity index is 2.30. The topological polar surface area (TPSA) is 53.9 Å². The van der Waals surface area contributed by atoms with Crippen LogP contribution >= 0.6 is 11.8 Å². The summed E-state index contributed by atoms with van der Waals surface area (Å²) in [5.41, 5.74) is 0. The van der Waals surface area contributed by atoms with E-state index in [-0.39, 0.29) is 0 Å². The first-order chi connectivity index (χ1) is 7.27. The van der Waals surface area contributed by atoms with Crippen LogP contribution in [0, 0.1) is 10.4 Å². The van der Waals surface area contributed by atoms with Gasteiger partial charge in [-0.1, -0.05) is 0 Å². The van der Waals surface area contributed by atoms with Crippen LogP contribution in [-0.4, -0.2) is 0 Å². The number of rotatable bonds is 2. The van der Waals surface area contributed by atoms with Gasteiger partial charge in [0.1, 0.15) is 0 Å². The summed E-state index contributed by atoms with van der Waals surface area (Å²) in [5.74, 6) is 0. The lowest BCUT2D eigenvalue weighted by atomic mass is 10.5. The molecule has 0 radical (unpaired) electrons. The molecule has 15 heavy (non-hydrogen) atoms. The second-order valence-corrected chi connectivity index (χ2v) is 3.87. The van der Waals surface area contributed by atoms with Crippen molar-refractivity contribution in [1.29, 1.82) is 0 Å². The molecule has 0 spiro atoms. The smallest absolute Gasteiger partial charge is 0.261 e. The van der Waals surface area contributed by atoms with Crippen molar-refractivity contribution in [3.8, 4) is 0 Å². The lowest BCUT2D eigenvalue weighted by Crippen LogP contribution is -2.31. The summed E-state index contributed by atoms with van der Waals surface area (Å²) < 4.78 is 1.47. The number of hydrogen-bond acceptors (Lipinski definition) is 3. The van der Waals surface area contributed by atoms with Crippen molar-refractivity contribution < 1.29 is 9.46 Å². The summed E-state index contributed by atoms with van der Waals surface area (Å²) in [6, 6.07) is 10.2. The van der Waals surface area contributed by atoms with E-state index in [9.17, 15) is 10.4 Å². The lowest BCUT2D eigenvalue weighted by molar-refractivity contribution is -0.652. The van der Waals surface area contributed by atoms with Crippen LogP contribution in [0.1, 0.15) is 0 Å². The maximum absolute atomic E-state index is 11.3. The van der Waals surface area contributed by atoms with Crippen LogP contribution in [0.5, 0.6) is 0 Å². The van der Waals surface area contributed by atoms with Crippen molar-refractivity contribution in [3.63, 3.8) is 0 Å². The van der Waals surface area contributed by atoms with E-state index >= 15 is 0 Å². The molecule has 4 nitrogen and oxygen atoms in total. The van der Waals surface area contributed by atoms with Crippen molar-refractivity contribution in [2.45, 2.75) is 10.1 Å². The van der Waals surface area contributed by atoms with Crippen molar-refractivity contribution in [3.05, 3.63) is 59.2 Å². The highest BCUT2D eigenvalue weighted by Crippen LogP contribution is 2.20. The Hall–Kier alpha value is -1.75. The highest BCUT2D eigenvalue weighted by molar-refractivity contribution is 7.99. The fourth-order valence-electron chi connectivity index (χ4n) is 1.09. The molecule has 0 N–H and O–H groups in total. The monoisotopic (exact) mass is 220 g/mol. The average Bonchev–Trinajstić information content (AvgIpc) is 2.24. The van der Waals surface area contributed by atoms with Crippen molar-refractivity contribution in [1.82, 2.24) is 0 Å². The van der Waals surface area contributed by atoms with Crippen LogP contribution in [-0.2, 0) is 0 Å². The Bertz CT molecular complexity index is 433. The Labute approximate surface area is 91.0 Å². The Morgan fingerprint density at radius 3 is 1.67 bits per heavy atom. The number of pyridine rings is 2. The number of hydrogen-bond donors (Lipinski definition) is 0. The van der Waals surface area contributed by atoms with Gasteiger partial charge < -0.3 is 10.4 Å². The van der Waals surface area contributed by atoms with E-state index in [2.05, 4.69) is 0 Å². The predicted molar refractivity (Wildman–Crippen MR) is 54.9 cm³/mol. The van der Waals surface area contributed by atoms with E-state index in [1.807, 2.05) is 0 Å². The molecule has 0 amide bonds. The summed E-state index contributed by atoms with van der Waals surface area (Å²) in [4.78, 5) is 0. The summed E-state index contributed by atoms with van der Waals surface area (Å²) in [6.45, 7) is 0. The normalized spacial score (nSPS) is 10.1. The van der Waals surface area contributed by atoms with Gasteiger partial charge in [-0.05, 0) is 12.1 Å². The van der Waals surface area contributed by atoms with Gasteiger partial charge in [-0.3, -0.25) is 0 Å². The minimum atomic E-state index is 0.480. The molecule has 0 atom stereocenters. The van der Waals surface area contributed by atoms with Gasteiger partial charge in [0.15, 0.2) is 12.4 Å². The molecule has 0 aliphatic heterocycles. The molecule has 0 aliphatic carbocycles. The van der Waals surface area contributed by atoms with Gasteiger partial charge in [0, 0.05) is 24.3 Å². The second kappa shape index (κ2) is 4.18. The van der Waals surface area contributed by atoms with E-state index in [1.165, 1.54) is 12.4 Å². The lowest BCUT2D eigenvalue weighted by Gasteiger charge is -2.03. The molecule has 0 bridgehead atoms. The zero-order chi connectivity index (χ0) is 10.7. The second-order valence-electron chi connectivity index (χ2n) is 2.83. The first kappa shape index (κ1) is 9.79. The highest BCUT2D eigenvalue weighted by atomic mass is 32.2. The average molecular weight is 220 g/mol. The van der Waals surface area contributed by atoms with E-state index < -0.39 is 0 Å². The van der Waals surface area contributed by atoms with Crippen molar-refractivity contribution in [2.24, 2.45) is 0 Å². The third-order valence-corrected chi connectivity index (χ3v) is 2.84. The van der Waals surface area contributed by atoms with E-state index in [4.69, 9.17) is 0 Å². The van der Waals surface area contributed by atoms with Crippen LogP contribution in [0.2, 0.25) is 0 Å². The fraction of sp³-hybridized carbons (Fsp3) is 0. The molecule has 0 fully saturated rings. The third kappa shape index (κ3) is 2.19. The predicted octanol–water partition coefficient (Wildman–Crippen LogP) is 1.10. The van der Waals surface area contributed by atoms with Crippen molar-refractivity contribution in [2.75, 3.05) is 0 Å². The van der Waals surface area contributed by atoms with Gasteiger partial charge in [-0.2, -0.15) is 9.46 Å². The Morgan fingerprint density at radius 1 is 0.800 bits per heavy atom. The standard InChI is InChI=1S/C10H8N2O2S/c13-11-7-3-1-5-9(11)15-10-6-2-4-8-12(10)14/h1-8H. The van der Waals surface area contributed by atoms with Gasteiger partial charge in [0.2, 0.25) is 0 Å². The molecular weight excluding hydrogens is 212 g/mol. The molecule has 76 valence electrons. The van der Waals surface area contributed by atoms with Gasteiger partial charge in [0.05, 0.1) is 11.8 Å². The molecule has 2 rings (SSSR count). The highest BCUT2D eigenvalue weighted by Gasteiger charge is 2.12. The minimum absolute atomic E-state index is 0.480. The molecule has 2 heterocycles. The van der Waals surface area contributed by atoms with Crippen molar-refractivity contribution >= 4 is 11.8 Å². The molecule has 0 saturated heterocycles. The van der Waals surface area contributed by atoms with Crippen LogP contribution < -0.4 is 9.46 Å². The molecule has 0 aromatic carbocycles. The number of nitrogens with zero attached hydrogens (tertiary/aromatic N) is 2. The molecule has 0 saturated carbocycles. The van der Waals surface area contributed by atoms with E-state index in [1.54, 1.807) is 36.4 Å². The summed E-state index contributed by atoms with van der Waals surface area (Å²) in [5, 5.41) is 23.6. The van der Waals surface area contributed by atoms with Gasteiger partial charge in [-0.25, -0.2) is 0 Å². The molecular formula is C10H8N2O2S. The summed E-state index contributed by atoms with van der Waals surface area (Å²) in [6.07, 6.45) is 2.81. The Morgan fingerprint density at radius 2 is 1.27 bits per heavy atom. The zero-order valence-electron chi connectivity index (χ0n) is 7.74. The maximum atomic E-state index is 11.3. The third-order valence-electron chi connectivity index (χ3n) is 1.79.